The summed E-state index contributed by atoms with van der Waals surface area (Å²) in [5, 5.41) is 11.0. The summed E-state index contributed by atoms with van der Waals surface area (Å²) in [5.41, 5.74) is 0.391. The zero-order chi connectivity index (χ0) is 14.5. The lowest BCUT2D eigenvalue weighted by Crippen LogP contribution is -2.37. The summed E-state index contributed by atoms with van der Waals surface area (Å²) < 4.78 is 10.6. The van der Waals surface area contributed by atoms with E-state index in [2.05, 4.69) is 30.0 Å². The Kier molecular flexibility index (Phi) is 4.03. The van der Waals surface area contributed by atoms with Crippen LogP contribution >= 0.6 is 0 Å². The van der Waals surface area contributed by atoms with E-state index in [1.807, 2.05) is 0 Å². The third-order valence-electron chi connectivity index (χ3n) is 2.51. The number of rotatable bonds is 5. The molecule has 2 aromatic rings. The van der Waals surface area contributed by atoms with Crippen LogP contribution in [-0.2, 0) is 19.1 Å². The first-order chi connectivity index (χ1) is 9.65. The van der Waals surface area contributed by atoms with E-state index in [0.717, 1.165) is 0 Å². The van der Waals surface area contributed by atoms with Crippen molar-refractivity contribution in [1.82, 2.24) is 25.0 Å². The van der Waals surface area contributed by atoms with Crippen molar-refractivity contribution in [2.24, 2.45) is 0 Å². The molecule has 20 heavy (non-hydrogen) atoms. The SMILES string of the molecule is COC(=O)CN(CC(=O)OC)c1cncc2nnnn12. The molecule has 0 spiro atoms. The van der Waals surface area contributed by atoms with Crippen molar-refractivity contribution in [3.05, 3.63) is 12.4 Å². The lowest BCUT2D eigenvalue weighted by molar-refractivity contribution is -0.140. The first-order valence-electron chi connectivity index (χ1n) is 5.56. The van der Waals surface area contributed by atoms with E-state index in [0.29, 0.717) is 11.5 Å². The molecule has 0 bridgehead atoms. The van der Waals surface area contributed by atoms with E-state index < -0.39 is 11.9 Å². The standard InChI is InChI=1S/C10H12N6O4/c1-19-9(17)5-15(6-10(18)20-2)8-4-11-3-7-12-13-14-16(7)8/h3-4H,5-6H2,1-2H3. The molecule has 2 rings (SSSR count). The van der Waals surface area contributed by atoms with Gasteiger partial charge in [-0.1, -0.05) is 0 Å². The van der Waals surface area contributed by atoms with Crippen molar-refractivity contribution in [2.75, 3.05) is 32.2 Å². The van der Waals surface area contributed by atoms with Gasteiger partial charge in [-0.3, -0.25) is 14.6 Å². The molecular weight excluding hydrogens is 268 g/mol. The van der Waals surface area contributed by atoms with Gasteiger partial charge in [-0.15, -0.1) is 5.10 Å². The van der Waals surface area contributed by atoms with E-state index in [-0.39, 0.29) is 13.1 Å². The number of carbonyl (C=O) groups is 2. The third kappa shape index (κ3) is 2.79. The van der Waals surface area contributed by atoms with Crippen LogP contribution in [0, 0.1) is 0 Å². The Morgan fingerprint density at radius 2 is 1.85 bits per heavy atom. The van der Waals surface area contributed by atoms with Gasteiger partial charge in [0.25, 0.3) is 0 Å². The van der Waals surface area contributed by atoms with Gasteiger partial charge in [-0.25, -0.2) is 0 Å². The number of methoxy groups -OCH3 is 2. The Labute approximate surface area is 113 Å². The van der Waals surface area contributed by atoms with E-state index in [1.54, 1.807) is 0 Å². The van der Waals surface area contributed by atoms with Gasteiger partial charge in [-0.2, -0.15) is 4.52 Å². The zero-order valence-corrected chi connectivity index (χ0v) is 10.9. The quantitative estimate of drug-likeness (QED) is 0.615. The number of fused-ring (bicyclic) bond motifs is 1. The minimum Gasteiger partial charge on any atom is -0.468 e. The Morgan fingerprint density at radius 1 is 1.20 bits per heavy atom. The van der Waals surface area contributed by atoms with Crippen LogP contribution in [0.1, 0.15) is 0 Å². The summed E-state index contributed by atoms with van der Waals surface area (Å²) in [6.45, 7) is -0.321. The van der Waals surface area contributed by atoms with Gasteiger partial charge in [0.15, 0.2) is 11.5 Å². The highest BCUT2D eigenvalue weighted by Crippen LogP contribution is 2.12. The summed E-state index contributed by atoms with van der Waals surface area (Å²) in [6.07, 6.45) is 2.90. The maximum Gasteiger partial charge on any atom is 0.325 e. The van der Waals surface area contributed by atoms with Crippen LogP contribution in [0.3, 0.4) is 0 Å². The van der Waals surface area contributed by atoms with Crippen molar-refractivity contribution < 1.29 is 19.1 Å². The normalized spacial score (nSPS) is 10.3. The molecule has 0 saturated heterocycles. The highest BCUT2D eigenvalue weighted by Gasteiger charge is 2.19. The molecular formula is C10H12N6O4. The van der Waals surface area contributed by atoms with Crippen LogP contribution in [-0.4, -0.2) is 64.3 Å². The number of tetrazole rings is 1. The predicted molar refractivity (Wildman–Crippen MR) is 64.8 cm³/mol. The van der Waals surface area contributed by atoms with Crippen LogP contribution in [0.25, 0.3) is 5.65 Å². The van der Waals surface area contributed by atoms with Gasteiger partial charge >= 0.3 is 11.9 Å². The summed E-state index contributed by atoms with van der Waals surface area (Å²) >= 11 is 0. The number of hydrogen-bond acceptors (Lipinski definition) is 9. The highest BCUT2D eigenvalue weighted by molar-refractivity contribution is 5.80. The van der Waals surface area contributed by atoms with Gasteiger partial charge in [0.2, 0.25) is 0 Å². The molecule has 0 aliphatic rings. The summed E-state index contributed by atoms with van der Waals surface area (Å²) in [6, 6.07) is 0. The predicted octanol–water partition coefficient (Wildman–Crippen LogP) is -1.33. The van der Waals surface area contributed by atoms with Crippen molar-refractivity contribution >= 4 is 23.4 Å². The lowest BCUT2D eigenvalue weighted by Gasteiger charge is -2.21. The minimum absolute atomic E-state index is 0.160. The molecule has 0 atom stereocenters. The Hall–Kier alpha value is -2.78. The van der Waals surface area contributed by atoms with Crippen LogP contribution in [0.5, 0.6) is 0 Å². The maximum absolute atomic E-state index is 11.4. The van der Waals surface area contributed by atoms with E-state index >= 15 is 0 Å². The molecule has 2 heterocycles. The first kappa shape index (κ1) is 13.6. The summed E-state index contributed by atoms with van der Waals surface area (Å²) in [7, 11) is 2.52. The van der Waals surface area contributed by atoms with Crippen molar-refractivity contribution in [1.29, 1.82) is 0 Å². The second kappa shape index (κ2) is 5.91. The molecule has 0 fully saturated rings. The number of esters is 2. The number of anilines is 1. The second-order valence-electron chi connectivity index (χ2n) is 3.72. The maximum atomic E-state index is 11.4. The third-order valence-corrected chi connectivity index (χ3v) is 2.51. The van der Waals surface area contributed by atoms with E-state index in [9.17, 15) is 9.59 Å². The monoisotopic (exact) mass is 280 g/mol. The molecule has 0 radical (unpaired) electrons. The summed E-state index contributed by atoms with van der Waals surface area (Å²) in [5.74, 6) is -0.652. The van der Waals surface area contributed by atoms with Gasteiger partial charge in [-0.05, 0) is 10.4 Å². The second-order valence-corrected chi connectivity index (χ2v) is 3.72. The summed E-state index contributed by atoms with van der Waals surface area (Å²) in [4.78, 5) is 28.3. The average molecular weight is 280 g/mol. The number of nitrogens with zero attached hydrogens (tertiary/aromatic N) is 6. The van der Waals surface area contributed by atoms with E-state index in [4.69, 9.17) is 0 Å². The average Bonchev–Trinajstić information content (AvgIpc) is 2.94. The zero-order valence-electron chi connectivity index (χ0n) is 10.9. The van der Waals surface area contributed by atoms with Crippen molar-refractivity contribution in [3.8, 4) is 0 Å². The van der Waals surface area contributed by atoms with Crippen molar-refractivity contribution in [2.45, 2.75) is 0 Å². The highest BCUT2D eigenvalue weighted by atomic mass is 16.5. The van der Waals surface area contributed by atoms with Gasteiger partial charge in [0, 0.05) is 0 Å². The van der Waals surface area contributed by atoms with Crippen molar-refractivity contribution in [3.63, 3.8) is 0 Å². The Morgan fingerprint density at radius 3 is 2.45 bits per heavy atom. The molecule has 10 nitrogen and oxygen atoms in total. The Bertz CT molecular complexity index is 609. The molecule has 0 aliphatic carbocycles. The lowest BCUT2D eigenvalue weighted by atomic mass is 10.4. The number of carbonyl (C=O) groups excluding carboxylic acids is 2. The van der Waals surface area contributed by atoms with Crippen LogP contribution in [0.15, 0.2) is 12.4 Å². The largest absolute Gasteiger partial charge is 0.468 e. The number of ether oxygens (including phenoxy) is 2. The van der Waals surface area contributed by atoms with Crippen LogP contribution < -0.4 is 4.90 Å². The first-order valence-corrected chi connectivity index (χ1v) is 5.56. The minimum atomic E-state index is -0.515. The fraction of sp³-hybridized carbons (Fsp3) is 0.400. The molecule has 0 aromatic carbocycles. The Balaban J connectivity index is 2.36. The van der Waals surface area contributed by atoms with Gasteiger partial charge in [0.05, 0.1) is 26.6 Å². The molecule has 0 N–H and O–H groups in total. The van der Waals surface area contributed by atoms with Gasteiger partial charge < -0.3 is 14.4 Å². The molecule has 2 aromatic heterocycles. The van der Waals surface area contributed by atoms with E-state index in [1.165, 1.54) is 36.0 Å². The molecule has 0 amide bonds. The molecule has 106 valence electrons. The fourth-order valence-corrected chi connectivity index (χ4v) is 1.54. The number of aromatic nitrogens is 5. The van der Waals surface area contributed by atoms with Gasteiger partial charge in [0.1, 0.15) is 13.1 Å². The molecule has 0 saturated carbocycles. The smallest absolute Gasteiger partial charge is 0.325 e. The topological polar surface area (TPSA) is 112 Å². The van der Waals surface area contributed by atoms with Crippen LogP contribution in [0.2, 0.25) is 0 Å². The molecule has 0 unspecified atom stereocenters. The number of hydrogen-bond donors (Lipinski definition) is 0. The molecule has 10 heteroatoms. The fourth-order valence-electron chi connectivity index (χ4n) is 1.54. The molecule has 0 aliphatic heterocycles. The van der Waals surface area contributed by atoms with Crippen LogP contribution in [0.4, 0.5) is 5.82 Å².